The number of benzene rings is 1. The van der Waals surface area contributed by atoms with Gasteiger partial charge >= 0.3 is 0 Å². The largest absolute Gasteiger partial charge is 0.345 e. The summed E-state index contributed by atoms with van der Waals surface area (Å²) in [7, 11) is 3.98. The third kappa shape index (κ3) is 4.99. The number of hydrogen-bond donors (Lipinski definition) is 0. The monoisotopic (exact) mass is 364 g/mol. The number of likely N-dealkylation sites (tertiary alicyclic amines) is 1. The fraction of sp³-hybridized carbons (Fsp3) is 0.455. The molecular weight excluding hydrogens is 336 g/mol. The van der Waals surface area contributed by atoms with Gasteiger partial charge in [-0.3, -0.25) is 4.79 Å². The lowest BCUT2D eigenvalue weighted by atomic mass is 9.97. The molecule has 1 aromatic carbocycles. The highest BCUT2D eigenvalue weighted by atomic mass is 16.2. The first-order valence-electron chi connectivity index (χ1n) is 9.65. The van der Waals surface area contributed by atoms with Crippen LogP contribution in [-0.2, 0) is 13.5 Å². The summed E-state index contributed by atoms with van der Waals surface area (Å²) in [6.07, 6.45) is 4.91. The molecular formula is C22H28N4O. The minimum Gasteiger partial charge on any atom is -0.345 e. The number of piperidine rings is 1. The Kier molecular flexibility index (Phi) is 6.31. The summed E-state index contributed by atoms with van der Waals surface area (Å²) in [6, 6.07) is 14.1. The van der Waals surface area contributed by atoms with Crippen molar-refractivity contribution in [2.45, 2.75) is 19.3 Å². The van der Waals surface area contributed by atoms with Crippen LogP contribution in [0.25, 0.3) is 0 Å². The number of hydrogen-bond acceptors (Lipinski definition) is 3. The van der Waals surface area contributed by atoms with Gasteiger partial charge in [0.05, 0.1) is 5.56 Å². The first-order chi connectivity index (χ1) is 13.1. The third-order valence-corrected chi connectivity index (χ3v) is 5.35. The minimum atomic E-state index is 0.0168. The van der Waals surface area contributed by atoms with E-state index in [0.29, 0.717) is 23.7 Å². The van der Waals surface area contributed by atoms with Crippen LogP contribution in [0.15, 0.2) is 42.6 Å². The molecule has 1 aliphatic rings. The van der Waals surface area contributed by atoms with Gasteiger partial charge in [0.2, 0.25) is 0 Å². The average Bonchev–Trinajstić information content (AvgIpc) is 3.06. The molecule has 142 valence electrons. The summed E-state index contributed by atoms with van der Waals surface area (Å²) >= 11 is 0. The molecule has 5 heteroatoms. The van der Waals surface area contributed by atoms with E-state index in [9.17, 15) is 4.79 Å². The normalized spacial score (nSPS) is 17.4. The lowest BCUT2D eigenvalue weighted by Crippen LogP contribution is -2.42. The number of carbonyl (C=O) groups is 1. The molecule has 1 aromatic heterocycles. The first kappa shape index (κ1) is 19.2. The van der Waals surface area contributed by atoms with Gasteiger partial charge in [0.1, 0.15) is 11.8 Å². The molecule has 5 nitrogen and oxygen atoms in total. The van der Waals surface area contributed by atoms with Crippen molar-refractivity contribution in [2.24, 2.45) is 13.0 Å². The Morgan fingerprint density at radius 3 is 2.74 bits per heavy atom. The molecule has 2 heterocycles. The highest BCUT2D eigenvalue weighted by molar-refractivity contribution is 5.93. The molecule has 0 unspecified atom stereocenters. The van der Waals surface area contributed by atoms with Crippen molar-refractivity contribution in [3.63, 3.8) is 0 Å². The Morgan fingerprint density at radius 1 is 1.30 bits per heavy atom. The zero-order valence-electron chi connectivity index (χ0n) is 16.3. The standard InChI is InChI=1S/C22H28N4O/c1-24-11-6-9-19(15-24)17-26(12-10-18-7-4-3-5-8-18)22(27)21-13-20(14-23)16-25(21)2/h3-5,7-8,13,16,19H,6,9-12,15,17H2,1-2H3/t19-/m1/s1. The Labute approximate surface area is 161 Å². The second kappa shape index (κ2) is 8.88. The number of rotatable bonds is 6. The summed E-state index contributed by atoms with van der Waals surface area (Å²) in [5, 5.41) is 9.14. The van der Waals surface area contributed by atoms with Crippen molar-refractivity contribution in [1.82, 2.24) is 14.4 Å². The zero-order valence-corrected chi connectivity index (χ0v) is 16.3. The number of nitriles is 1. The molecule has 0 aliphatic carbocycles. The highest BCUT2D eigenvalue weighted by Gasteiger charge is 2.25. The summed E-state index contributed by atoms with van der Waals surface area (Å²) in [5.74, 6) is 0.516. The van der Waals surface area contributed by atoms with Crippen molar-refractivity contribution < 1.29 is 4.79 Å². The molecule has 0 radical (unpaired) electrons. The van der Waals surface area contributed by atoms with Crippen molar-refractivity contribution in [3.8, 4) is 6.07 Å². The van der Waals surface area contributed by atoms with Crippen LogP contribution >= 0.6 is 0 Å². The Hall–Kier alpha value is -2.58. The minimum absolute atomic E-state index is 0.0168. The number of nitrogens with zero attached hydrogens (tertiary/aromatic N) is 4. The van der Waals surface area contributed by atoms with Crippen molar-refractivity contribution in [1.29, 1.82) is 5.26 Å². The maximum Gasteiger partial charge on any atom is 0.270 e. The van der Waals surface area contributed by atoms with Crippen LogP contribution in [0.2, 0.25) is 0 Å². The van der Waals surface area contributed by atoms with E-state index in [1.807, 2.05) is 30.1 Å². The Balaban J connectivity index is 1.76. The van der Waals surface area contributed by atoms with E-state index >= 15 is 0 Å². The van der Waals surface area contributed by atoms with Gasteiger partial charge in [0.15, 0.2) is 0 Å². The van der Waals surface area contributed by atoms with Gasteiger partial charge < -0.3 is 14.4 Å². The van der Waals surface area contributed by atoms with Crippen LogP contribution in [0, 0.1) is 17.2 Å². The molecule has 0 spiro atoms. The molecule has 0 saturated carbocycles. The molecule has 0 N–H and O–H groups in total. The Bertz CT molecular complexity index is 805. The fourth-order valence-corrected chi connectivity index (χ4v) is 3.92. The number of carbonyl (C=O) groups excluding carboxylic acids is 1. The molecule has 1 atom stereocenters. The zero-order chi connectivity index (χ0) is 19.2. The third-order valence-electron chi connectivity index (χ3n) is 5.35. The van der Waals surface area contributed by atoms with Gasteiger partial charge in [0.25, 0.3) is 5.91 Å². The quantitative estimate of drug-likeness (QED) is 0.792. The molecule has 1 fully saturated rings. The molecule has 1 aliphatic heterocycles. The van der Waals surface area contributed by atoms with E-state index in [2.05, 4.69) is 30.1 Å². The molecule has 1 saturated heterocycles. The van der Waals surface area contributed by atoms with Gasteiger partial charge in [-0.1, -0.05) is 30.3 Å². The van der Waals surface area contributed by atoms with Gasteiger partial charge in [-0.05, 0) is 50.4 Å². The Morgan fingerprint density at radius 2 is 2.07 bits per heavy atom. The fourth-order valence-electron chi connectivity index (χ4n) is 3.92. The van der Waals surface area contributed by atoms with Gasteiger partial charge in [0, 0.05) is 32.9 Å². The van der Waals surface area contributed by atoms with E-state index in [-0.39, 0.29) is 5.91 Å². The highest BCUT2D eigenvalue weighted by Crippen LogP contribution is 2.19. The average molecular weight is 364 g/mol. The van der Waals surface area contributed by atoms with Crippen LogP contribution in [0.5, 0.6) is 0 Å². The second-order valence-electron chi connectivity index (χ2n) is 7.59. The lowest BCUT2D eigenvalue weighted by Gasteiger charge is -2.34. The van der Waals surface area contributed by atoms with E-state index < -0.39 is 0 Å². The van der Waals surface area contributed by atoms with E-state index in [1.165, 1.54) is 12.0 Å². The van der Waals surface area contributed by atoms with Crippen LogP contribution in [-0.4, -0.2) is 53.5 Å². The second-order valence-corrected chi connectivity index (χ2v) is 7.59. The number of aromatic nitrogens is 1. The summed E-state index contributed by atoms with van der Waals surface area (Å²) in [4.78, 5) is 17.6. The van der Waals surface area contributed by atoms with E-state index in [1.54, 1.807) is 16.8 Å². The SMILES string of the molecule is CN1CCC[C@@H](CN(CCc2ccccc2)C(=O)c2cc(C#N)cn2C)C1. The van der Waals surface area contributed by atoms with Gasteiger partial charge in [-0.2, -0.15) is 5.26 Å². The maximum atomic E-state index is 13.3. The number of amides is 1. The molecule has 3 rings (SSSR count). The predicted molar refractivity (Wildman–Crippen MR) is 106 cm³/mol. The van der Waals surface area contributed by atoms with Crippen LogP contribution in [0.1, 0.15) is 34.5 Å². The molecule has 2 aromatic rings. The molecule has 1 amide bonds. The van der Waals surface area contributed by atoms with Crippen LogP contribution in [0.3, 0.4) is 0 Å². The predicted octanol–water partition coefficient (Wildman–Crippen LogP) is 2.92. The first-order valence-corrected chi connectivity index (χ1v) is 9.65. The molecule has 0 bridgehead atoms. The summed E-state index contributed by atoms with van der Waals surface area (Å²) in [6.45, 7) is 3.63. The molecule has 27 heavy (non-hydrogen) atoms. The summed E-state index contributed by atoms with van der Waals surface area (Å²) < 4.78 is 1.77. The topological polar surface area (TPSA) is 52.3 Å². The maximum absolute atomic E-state index is 13.3. The van der Waals surface area contributed by atoms with E-state index in [4.69, 9.17) is 5.26 Å². The van der Waals surface area contributed by atoms with Crippen molar-refractivity contribution >= 4 is 5.91 Å². The van der Waals surface area contributed by atoms with Gasteiger partial charge in [-0.15, -0.1) is 0 Å². The summed E-state index contributed by atoms with van der Waals surface area (Å²) in [5.41, 5.74) is 2.35. The van der Waals surface area contributed by atoms with E-state index in [0.717, 1.165) is 32.5 Å². The number of aryl methyl sites for hydroxylation is 1. The van der Waals surface area contributed by atoms with Gasteiger partial charge in [-0.25, -0.2) is 0 Å². The van der Waals surface area contributed by atoms with Crippen LogP contribution in [0.4, 0.5) is 0 Å². The van der Waals surface area contributed by atoms with Crippen molar-refractivity contribution in [3.05, 3.63) is 59.4 Å². The van der Waals surface area contributed by atoms with Crippen molar-refractivity contribution in [2.75, 3.05) is 33.2 Å². The lowest BCUT2D eigenvalue weighted by molar-refractivity contribution is 0.0684. The smallest absolute Gasteiger partial charge is 0.270 e. The van der Waals surface area contributed by atoms with Crippen LogP contribution < -0.4 is 0 Å².